The van der Waals surface area contributed by atoms with E-state index in [2.05, 4.69) is 20.8 Å². The lowest BCUT2D eigenvalue weighted by Crippen LogP contribution is -2.30. The Kier molecular flexibility index (Phi) is 5.33. The van der Waals surface area contributed by atoms with Gasteiger partial charge >= 0.3 is 0 Å². The first kappa shape index (κ1) is 17.5. The first-order valence-electron chi connectivity index (χ1n) is 8.24. The molecule has 0 radical (unpaired) electrons. The summed E-state index contributed by atoms with van der Waals surface area (Å²) in [6.45, 7) is 8.81. The monoisotopic (exact) mass is 324 g/mol. The Balaban J connectivity index is 1.98. The zero-order chi connectivity index (χ0) is 16.4. The van der Waals surface area contributed by atoms with E-state index in [-0.39, 0.29) is 11.0 Å². The van der Waals surface area contributed by atoms with Gasteiger partial charge < -0.3 is 0 Å². The van der Waals surface area contributed by atoms with Crippen LogP contribution in [0.3, 0.4) is 0 Å². The highest BCUT2D eigenvalue weighted by Crippen LogP contribution is 2.39. The summed E-state index contributed by atoms with van der Waals surface area (Å²) in [5.74, 6) is 0.652. The molecule has 0 amide bonds. The smallest absolute Gasteiger partial charge is 0.263 e. The van der Waals surface area contributed by atoms with Crippen LogP contribution in [0.15, 0.2) is 29.2 Å². The summed E-state index contributed by atoms with van der Waals surface area (Å²) >= 11 is 0. The van der Waals surface area contributed by atoms with E-state index in [1.807, 2.05) is 19.1 Å². The van der Waals surface area contributed by atoms with Gasteiger partial charge in [-0.25, -0.2) is 0 Å². The van der Waals surface area contributed by atoms with Gasteiger partial charge in [0.05, 0.1) is 11.0 Å². The van der Waals surface area contributed by atoms with Crippen molar-refractivity contribution in [2.45, 2.75) is 70.8 Å². The van der Waals surface area contributed by atoms with E-state index in [1.165, 1.54) is 0 Å². The summed E-state index contributed by atoms with van der Waals surface area (Å²) < 4.78 is 30.2. The predicted octanol–water partition coefficient (Wildman–Crippen LogP) is 4.56. The fourth-order valence-corrected chi connectivity index (χ4v) is 4.28. The average Bonchev–Trinajstić information content (AvgIpc) is 2.46. The maximum atomic E-state index is 12.4. The molecule has 3 nitrogen and oxygen atoms in total. The van der Waals surface area contributed by atoms with Crippen LogP contribution in [0.2, 0.25) is 0 Å². The van der Waals surface area contributed by atoms with Crippen molar-refractivity contribution >= 4 is 10.1 Å². The normalized spacial score (nSPS) is 23.5. The lowest BCUT2D eigenvalue weighted by Gasteiger charge is -2.36. The molecule has 0 saturated heterocycles. The van der Waals surface area contributed by atoms with Gasteiger partial charge in [-0.3, -0.25) is 4.18 Å². The molecule has 0 bridgehead atoms. The minimum absolute atomic E-state index is 0.172. The molecular formula is C18H28O3S. The summed E-state index contributed by atoms with van der Waals surface area (Å²) in [5, 5.41) is 0. The number of hydrogen-bond acceptors (Lipinski definition) is 3. The van der Waals surface area contributed by atoms with Crippen LogP contribution in [-0.2, 0) is 20.7 Å². The summed E-state index contributed by atoms with van der Waals surface area (Å²) in [6, 6.07) is 7.00. The van der Waals surface area contributed by atoms with E-state index in [4.69, 9.17) is 4.18 Å². The van der Waals surface area contributed by atoms with Crippen molar-refractivity contribution in [1.82, 2.24) is 0 Å². The van der Waals surface area contributed by atoms with Gasteiger partial charge in [0.1, 0.15) is 0 Å². The van der Waals surface area contributed by atoms with Crippen LogP contribution in [-0.4, -0.2) is 14.5 Å². The second-order valence-corrected chi connectivity index (χ2v) is 8.96. The molecule has 0 aromatic heterocycles. The maximum Gasteiger partial charge on any atom is 0.297 e. The molecule has 1 saturated carbocycles. The summed E-state index contributed by atoms with van der Waals surface area (Å²) in [5.41, 5.74) is 1.42. The summed E-state index contributed by atoms with van der Waals surface area (Å²) in [6.07, 6.45) is 4.46. The molecule has 4 heteroatoms. The summed E-state index contributed by atoms with van der Waals surface area (Å²) in [4.78, 5) is 0.266. The highest BCUT2D eigenvalue weighted by Gasteiger charge is 2.32. The highest BCUT2D eigenvalue weighted by atomic mass is 32.2. The molecule has 0 atom stereocenters. The Morgan fingerprint density at radius 1 is 1.05 bits per heavy atom. The first-order chi connectivity index (χ1) is 10.2. The van der Waals surface area contributed by atoms with Crippen molar-refractivity contribution in [3.05, 3.63) is 29.8 Å². The maximum absolute atomic E-state index is 12.4. The third kappa shape index (κ3) is 4.32. The second kappa shape index (κ2) is 6.71. The van der Waals surface area contributed by atoms with Crippen LogP contribution in [0.25, 0.3) is 0 Å². The first-order valence-corrected chi connectivity index (χ1v) is 9.65. The van der Waals surface area contributed by atoms with Crippen molar-refractivity contribution in [1.29, 1.82) is 0 Å². The number of rotatable bonds is 4. The van der Waals surface area contributed by atoms with Crippen molar-refractivity contribution in [3.63, 3.8) is 0 Å². The molecule has 124 valence electrons. The Morgan fingerprint density at radius 2 is 1.59 bits per heavy atom. The molecule has 1 aromatic rings. The SMILES string of the molecule is CCc1ccc(S(=O)(=O)OC2CCC(C(C)(C)C)CC2)cc1. The van der Waals surface area contributed by atoms with Crippen LogP contribution < -0.4 is 0 Å². The minimum Gasteiger partial charge on any atom is -0.263 e. The van der Waals surface area contributed by atoms with Crippen molar-refractivity contribution in [2.24, 2.45) is 11.3 Å². The van der Waals surface area contributed by atoms with Gasteiger partial charge in [0.25, 0.3) is 10.1 Å². The molecule has 1 fully saturated rings. The van der Waals surface area contributed by atoms with Crippen molar-refractivity contribution < 1.29 is 12.6 Å². The molecule has 0 spiro atoms. The molecule has 0 N–H and O–H groups in total. The molecule has 0 unspecified atom stereocenters. The highest BCUT2D eigenvalue weighted by molar-refractivity contribution is 7.86. The Labute approximate surface area is 135 Å². The second-order valence-electron chi connectivity index (χ2n) is 7.39. The quantitative estimate of drug-likeness (QED) is 0.763. The minimum atomic E-state index is -3.64. The Bertz CT molecular complexity index is 574. The predicted molar refractivity (Wildman–Crippen MR) is 89.3 cm³/mol. The number of benzene rings is 1. The van der Waals surface area contributed by atoms with Crippen LogP contribution in [0.5, 0.6) is 0 Å². The Morgan fingerprint density at radius 3 is 2.05 bits per heavy atom. The molecule has 2 rings (SSSR count). The van der Waals surface area contributed by atoms with Gasteiger partial charge in [-0.15, -0.1) is 0 Å². The lowest BCUT2D eigenvalue weighted by atomic mass is 9.72. The van der Waals surface area contributed by atoms with Gasteiger partial charge in [0, 0.05) is 0 Å². The third-order valence-electron chi connectivity index (χ3n) is 4.78. The number of aryl methyl sites for hydroxylation is 1. The van der Waals surface area contributed by atoms with Gasteiger partial charge in [-0.1, -0.05) is 39.8 Å². The third-order valence-corrected chi connectivity index (χ3v) is 6.16. The molecule has 0 heterocycles. The van der Waals surface area contributed by atoms with E-state index < -0.39 is 10.1 Å². The molecule has 22 heavy (non-hydrogen) atoms. The van der Waals surface area contributed by atoms with E-state index in [0.717, 1.165) is 37.7 Å². The van der Waals surface area contributed by atoms with Crippen LogP contribution >= 0.6 is 0 Å². The van der Waals surface area contributed by atoms with Crippen molar-refractivity contribution in [2.75, 3.05) is 0 Å². The zero-order valence-corrected chi connectivity index (χ0v) is 14.9. The van der Waals surface area contributed by atoms with E-state index in [1.54, 1.807) is 12.1 Å². The van der Waals surface area contributed by atoms with E-state index in [9.17, 15) is 8.42 Å². The molecule has 1 aromatic carbocycles. The van der Waals surface area contributed by atoms with Gasteiger partial charge in [0.15, 0.2) is 0 Å². The van der Waals surface area contributed by atoms with Gasteiger partial charge in [0.2, 0.25) is 0 Å². The topological polar surface area (TPSA) is 43.4 Å². The fourth-order valence-electron chi connectivity index (χ4n) is 3.15. The van der Waals surface area contributed by atoms with Crippen LogP contribution in [0.4, 0.5) is 0 Å². The molecule has 0 aliphatic heterocycles. The Hall–Kier alpha value is -0.870. The molecular weight excluding hydrogens is 296 g/mol. The lowest BCUT2D eigenvalue weighted by molar-refractivity contribution is 0.0924. The van der Waals surface area contributed by atoms with E-state index >= 15 is 0 Å². The van der Waals surface area contributed by atoms with Gasteiger partial charge in [-0.2, -0.15) is 8.42 Å². The largest absolute Gasteiger partial charge is 0.297 e. The van der Waals surface area contributed by atoms with Crippen LogP contribution in [0.1, 0.15) is 58.9 Å². The van der Waals surface area contributed by atoms with Gasteiger partial charge in [-0.05, 0) is 61.1 Å². The zero-order valence-electron chi connectivity index (χ0n) is 14.1. The number of hydrogen-bond donors (Lipinski definition) is 0. The molecule has 1 aliphatic carbocycles. The van der Waals surface area contributed by atoms with Crippen LogP contribution in [0, 0.1) is 11.3 Å². The fraction of sp³-hybridized carbons (Fsp3) is 0.667. The van der Waals surface area contributed by atoms with E-state index in [0.29, 0.717) is 11.3 Å². The summed E-state index contributed by atoms with van der Waals surface area (Å²) in [7, 11) is -3.64. The van der Waals surface area contributed by atoms with Crippen molar-refractivity contribution in [3.8, 4) is 0 Å². The average molecular weight is 324 g/mol. The standard InChI is InChI=1S/C18H28O3S/c1-5-14-6-12-17(13-7-14)22(19,20)21-16-10-8-15(9-11-16)18(2,3)4/h6-7,12-13,15-16H,5,8-11H2,1-4H3. The molecule has 1 aliphatic rings.